The number of hydrogen-bond acceptors (Lipinski definition) is 4. The Kier molecular flexibility index (Phi) is 3.70. The Labute approximate surface area is 112 Å². The number of nitriles is 1. The number of nitrogens with zero attached hydrogens (tertiary/aromatic N) is 3. The van der Waals surface area contributed by atoms with Gasteiger partial charge < -0.3 is 10.0 Å². The zero-order chi connectivity index (χ0) is 13.9. The normalized spacial score (nSPS) is 22.2. The molecule has 1 atom stereocenters. The van der Waals surface area contributed by atoms with Gasteiger partial charge in [-0.15, -0.1) is 0 Å². The van der Waals surface area contributed by atoms with Crippen LogP contribution in [0, 0.1) is 16.7 Å². The molecule has 0 aromatic carbocycles. The molecule has 1 fully saturated rings. The summed E-state index contributed by atoms with van der Waals surface area (Å²) in [4.78, 5) is 17.5. The van der Waals surface area contributed by atoms with Crippen molar-refractivity contribution in [3.8, 4) is 6.07 Å². The Hall–Kier alpha value is -2.09. The molecular formula is C14H17N3O2. The fraction of sp³-hybridized carbons (Fsp3) is 0.500. The van der Waals surface area contributed by atoms with Gasteiger partial charge in [-0.2, -0.15) is 5.26 Å². The molecular weight excluding hydrogens is 242 g/mol. The van der Waals surface area contributed by atoms with Gasteiger partial charge in [0.05, 0.1) is 5.41 Å². The molecule has 0 amide bonds. The minimum Gasteiger partial charge on any atom is -0.481 e. The third kappa shape index (κ3) is 2.53. The number of rotatable bonds is 4. The maximum Gasteiger partial charge on any atom is 0.311 e. The highest BCUT2D eigenvalue weighted by Gasteiger charge is 2.44. The van der Waals surface area contributed by atoms with E-state index in [2.05, 4.69) is 4.98 Å². The number of carboxylic acid groups (broad SMARTS) is 1. The van der Waals surface area contributed by atoms with Gasteiger partial charge in [-0.3, -0.25) is 4.79 Å². The number of hydrogen-bond donors (Lipinski definition) is 1. The second kappa shape index (κ2) is 5.27. The molecule has 1 aromatic rings. The van der Waals surface area contributed by atoms with Crippen LogP contribution in [0.4, 0.5) is 5.69 Å². The molecule has 1 saturated heterocycles. The van der Waals surface area contributed by atoms with Crippen LogP contribution in [0.15, 0.2) is 18.3 Å². The zero-order valence-electron chi connectivity index (χ0n) is 11.0. The summed E-state index contributed by atoms with van der Waals surface area (Å²) in [6, 6.07) is 5.54. The molecule has 5 nitrogen and oxygen atoms in total. The maximum atomic E-state index is 11.5. The standard InChI is InChI=1S/C14H17N3O2/c1-2-4-14(13(18)19)5-7-17(10-14)12-3-6-16-11(8-12)9-15/h3,6,8H,2,4-5,7,10H2,1H3,(H,18,19). The highest BCUT2D eigenvalue weighted by atomic mass is 16.4. The third-order valence-corrected chi connectivity index (χ3v) is 3.76. The predicted molar refractivity (Wildman–Crippen MR) is 70.8 cm³/mol. The van der Waals surface area contributed by atoms with Crippen molar-refractivity contribution < 1.29 is 9.90 Å². The summed E-state index contributed by atoms with van der Waals surface area (Å²) in [7, 11) is 0. The van der Waals surface area contributed by atoms with E-state index in [1.54, 1.807) is 12.3 Å². The fourth-order valence-corrected chi connectivity index (χ4v) is 2.73. The summed E-state index contributed by atoms with van der Waals surface area (Å²) in [5.41, 5.74) is 0.594. The minimum atomic E-state index is -0.716. The van der Waals surface area contributed by atoms with Crippen LogP contribution in [0.2, 0.25) is 0 Å². The average molecular weight is 259 g/mol. The van der Waals surface area contributed by atoms with E-state index in [-0.39, 0.29) is 0 Å². The number of anilines is 1. The molecule has 5 heteroatoms. The molecule has 1 N–H and O–H groups in total. The molecule has 2 rings (SSSR count). The molecule has 0 bridgehead atoms. The minimum absolute atomic E-state index is 0.362. The molecule has 19 heavy (non-hydrogen) atoms. The zero-order valence-corrected chi connectivity index (χ0v) is 11.0. The van der Waals surface area contributed by atoms with Crippen LogP contribution in [-0.2, 0) is 4.79 Å². The summed E-state index contributed by atoms with van der Waals surface area (Å²) < 4.78 is 0. The SMILES string of the molecule is CCCC1(C(=O)O)CCN(c2ccnc(C#N)c2)C1. The van der Waals surface area contributed by atoms with Gasteiger partial charge in [-0.25, -0.2) is 4.98 Å². The lowest BCUT2D eigenvalue weighted by atomic mass is 9.83. The topological polar surface area (TPSA) is 77.2 Å². The van der Waals surface area contributed by atoms with Crippen molar-refractivity contribution in [2.45, 2.75) is 26.2 Å². The van der Waals surface area contributed by atoms with E-state index in [4.69, 9.17) is 5.26 Å². The lowest BCUT2D eigenvalue weighted by Crippen LogP contribution is -2.34. The third-order valence-electron chi connectivity index (χ3n) is 3.76. The molecule has 2 heterocycles. The molecule has 0 spiro atoms. The molecule has 0 saturated carbocycles. The Balaban J connectivity index is 2.21. The van der Waals surface area contributed by atoms with Gasteiger partial charge in [0, 0.05) is 25.0 Å². The first-order chi connectivity index (χ1) is 9.11. The first kappa shape index (κ1) is 13.3. The molecule has 0 radical (unpaired) electrons. The molecule has 1 aliphatic rings. The lowest BCUT2D eigenvalue weighted by molar-refractivity contribution is -0.148. The molecule has 1 aliphatic heterocycles. The molecule has 1 aromatic heterocycles. The van der Waals surface area contributed by atoms with Gasteiger partial charge in [-0.05, 0) is 25.0 Å². The Morgan fingerprint density at radius 3 is 3.11 bits per heavy atom. The number of aromatic nitrogens is 1. The van der Waals surface area contributed by atoms with E-state index in [1.807, 2.05) is 24.0 Å². The second-order valence-electron chi connectivity index (χ2n) is 5.02. The average Bonchev–Trinajstić information content (AvgIpc) is 2.85. The van der Waals surface area contributed by atoms with Crippen LogP contribution in [0.25, 0.3) is 0 Å². The van der Waals surface area contributed by atoms with Gasteiger partial charge in [0.1, 0.15) is 11.8 Å². The maximum absolute atomic E-state index is 11.5. The van der Waals surface area contributed by atoms with Crippen molar-refractivity contribution in [1.29, 1.82) is 5.26 Å². The van der Waals surface area contributed by atoms with E-state index in [1.165, 1.54) is 0 Å². The molecule has 0 aliphatic carbocycles. The van der Waals surface area contributed by atoms with E-state index < -0.39 is 11.4 Å². The van der Waals surface area contributed by atoms with Crippen molar-refractivity contribution >= 4 is 11.7 Å². The number of aliphatic carboxylic acids is 1. The van der Waals surface area contributed by atoms with Crippen LogP contribution >= 0.6 is 0 Å². The Morgan fingerprint density at radius 2 is 2.47 bits per heavy atom. The quantitative estimate of drug-likeness (QED) is 0.895. The summed E-state index contributed by atoms with van der Waals surface area (Å²) in [5.74, 6) is -0.716. The van der Waals surface area contributed by atoms with Crippen LogP contribution in [0.1, 0.15) is 31.9 Å². The van der Waals surface area contributed by atoms with Crippen molar-refractivity contribution in [2.24, 2.45) is 5.41 Å². The number of carbonyl (C=O) groups is 1. The van der Waals surface area contributed by atoms with E-state index in [9.17, 15) is 9.90 Å². The highest BCUT2D eigenvalue weighted by Crippen LogP contribution is 2.37. The van der Waals surface area contributed by atoms with Crippen molar-refractivity contribution in [3.63, 3.8) is 0 Å². The van der Waals surface area contributed by atoms with Gasteiger partial charge >= 0.3 is 5.97 Å². The van der Waals surface area contributed by atoms with Crippen LogP contribution in [0.5, 0.6) is 0 Å². The molecule has 100 valence electrons. The first-order valence-electron chi connectivity index (χ1n) is 6.46. The van der Waals surface area contributed by atoms with Crippen molar-refractivity contribution in [2.75, 3.05) is 18.0 Å². The summed E-state index contributed by atoms with van der Waals surface area (Å²) in [5, 5.41) is 18.3. The molecule has 1 unspecified atom stereocenters. The number of pyridine rings is 1. The Morgan fingerprint density at radius 1 is 1.68 bits per heavy atom. The van der Waals surface area contributed by atoms with Crippen LogP contribution in [0.3, 0.4) is 0 Å². The van der Waals surface area contributed by atoms with Gasteiger partial charge in [0.25, 0.3) is 0 Å². The smallest absolute Gasteiger partial charge is 0.311 e. The van der Waals surface area contributed by atoms with E-state index >= 15 is 0 Å². The van der Waals surface area contributed by atoms with Crippen LogP contribution < -0.4 is 4.90 Å². The van der Waals surface area contributed by atoms with Crippen molar-refractivity contribution in [1.82, 2.24) is 4.98 Å². The summed E-state index contributed by atoms with van der Waals surface area (Å²) in [6.45, 7) is 3.22. The predicted octanol–water partition coefficient (Wildman–Crippen LogP) is 2.03. The van der Waals surface area contributed by atoms with Gasteiger partial charge in [0.2, 0.25) is 0 Å². The summed E-state index contributed by atoms with van der Waals surface area (Å²) in [6.07, 6.45) is 3.80. The lowest BCUT2D eigenvalue weighted by Gasteiger charge is -2.25. The fourth-order valence-electron chi connectivity index (χ4n) is 2.73. The van der Waals surface area contributed by atoms with Crippen molar-refractivity contribution in [3.05, 3.63) is 24.0 Å². The van der Waals surface area contributed by atoms with E-state index in [0.29, 0.717) is 31.6 Å². The van der Waals surface area contributed by atoms with Gasteiger partial charge in [-0.1, -0.05) is 13.3 Å². The van der Waals surface area contributed by atoms with Crippen LogP contribution in [-0.4, -0.2) is 29.1 Å². The monoisotopic (exact) mass is 259 g/mol. The largest absolute Gasteiger partial charge is 0.481 e. The summed E-state index contributed by atoms with van der Waals surface area (Å²) >= 11 is 0. The number of carboxylic acids is 1. The first-order valence-corrected chi connectivity index (χ1v) is 6.46. The van der Waals surface area contributed by atoms with E-state index in [0.717, 1.165) is 12.1 Å². The second-order valence-corrected chi connectivity index (χ2v) is 5.02. The Bertz CT molecular complexity index is 524. The van der Waals surface area contributed by atoms with Gasteiger partial charge in [0.15, 0.2) is 0 Å². The highest BCUT2D eigenvalue weighted by molar-refractivity contribution is 5.76.